The van der Waals surface area contributed by atoms with E-state index >= 15 is 0 Å². The lowest BCUT2D eigenvalue weighted by molar-refractivity contribution is -0.131. The lowest BCUT2D eigenvalue weighted by Crippen LogP contribution is -2.44. The zero-order chi connectivity index (χ0) is 14.0. The van der Waals surface area contributed by atoms with Crippen molar-refractivity contribution in [2.45, 2.75) is 44.6 Å². The Morgan fingerprint density at radius 1 is 1.30 bits per heavy atom. The average molecular weight is 273 g/mol. The molecule has 0 unspecified atom stereocenters. The Morgan fingerprint density at radius 2 is 2.00 bits per heavy atom. The third-order valence-electron chi connectivity index (χ3n) is 4.94. The zero-order valence-electron chi connectivity index (χ0n) is 11.9. The monoisotopic (exact) mass is 273 g/mol. The van der Waals surface area contributed by atoms with Gasteiger partial charge in [-0.1, -0.05) is 12.8 Å². The molecule has 1 atom stereocenters. The molecule has 1 aromatic heterocycles. The maximum absolute atomic E-state index is 12.5. The van der Waals surface area contributed by atoms with Crippen molar-refractivity contribution < 1.29 is 4.79 Å². The maximum atomic E-state index is 12.5. The van der Waals surface area contributed by atoms with Crippen molar-refractivity contribution in [3.05, 3.63) is 30.1 Å². The van der Waals surface area contributed by atoms with Crippen molar-refractivity contribution in [2.75, 3.05) is 13.1 Å². The van der Waals surface area contributed by atoms with Crippen LogP contribution in [0.25, 0.3) is 0 Å². The Kier molecular flexibility index (Phi) is 3.74. The summed E-state index contributed by atoms with van der Waals surface area (Å²) in [6.07, 6.45) is 10.5. The van der Waals surface area contributed by atoms with Crippen LogP contribution in [0.5, 0.6) is 0 Å². The molecule has 1 saturated heterocycles. The molecule has 1 amide bonds. The summed E-state index contributed by atoms with van der Waals surface area (Å²) in [5, 5.41) is 0. The smallest absolute Gasteiger partial charge is 0.239 e. The molecule has 1 aliphatic heterocycles. The Hall–Kier alpha value is -1.42. The van der Waals surface area contributed by atoms with Gasteiger partial charge in [-0.3, -0.25) is 9.78 Å². The fourth-order valence-electron chi connectivity index (χ4n) is 3.75. The molecule has 1 aliphatic carbocycles. The number of likely N-dealkylation sites (tertiary alicyclic amines) is 1. The zero-order valence-corrected chi connectivity index (χ0v) is 11.9. The summed E-state index contributed by atoms with van der Waals surface area (Å²) in [5.74, 6) is 0.116. The summed E-state index contributed by atoms with van der Waals surface area (Å²) in [6.45, 7) is 1.82. The highest BCUT2D eigenvalue weighted by atomic mass is 16.2. The first-order valence-corrected chi connectivity index (χ1v) is 7.62. The van der Waals surface area contributed by atoms with E-state index in [1.54, 1.807) is 12.4 Å². The molecule has 2 heterocycles. The number of aromatic nitrogens is 1. The first kappa shape index (κ1) is 13.6. The number of nitrogens with two attached hydrogens (primary N) is 1. The molecule has 0 bridgehead atoms. The van der Waals surface area contributed by atoms with Gasteiger partial charge in [0, 0.05) is 25.5 Å². The number of hydrogen-bond donors (Lipinski definition) is 1. The van der Waals surface area contributed by atoms with Crippen LogP contribution in [0.2, 0.25) is 0 Å². The summed E-state index contributed by atoms with van der Waals surface area (Å²) < 4.78 is 0. The van der Waals surface area contributed by atoms with Gasteiger partial charge in [0.15, 0.2) is 0 Å². The molecular formula is C16H23N3O. The molecule has 1 saturated carbocycles. The minimum Gasteiger partial charge on any atom is -0.341 e. The van der Waals surface area contributed by atoms with Crippen LogP contribution in [0.15, 0.2) is 24.5 Å². The van der Waals surface area contributed by atoms with Gasteiger partial charge in [-0.2, -0.15) is 0 Å². The van der Waals surface area contributed by atoms with Crippen LogP contribution in [0.1, 0.15) is 37.7 Å². The van der Waals surface area contributed by atoms with Gasteiger partial charge >= 0.3 is 0 Å². The normalized spacial score (nSPS) is 22.4. The first-order valence-electron chi connectivity index (χ1n) is 7.62. The van der Waals surface area contributed by atoms with Gasteiger partial charge in [-0.05, 0) is 48.8 Å². The minimum absolute atomic E-state index is 0.116. The Morgan fingerprint density at radius 3 is 2.70 bits per heavy atom. The molecule has 0 radical (unpaired) electrons. The Labute approximate surface area is 120 Å². The van der Waals surface area contributed by atoms with Crippen molar-refractivity contribution in [3.63, 3.8) is 0 Å². The van der Waals surface area contributed by atoms with Crippen LogP contribution in [0.3, 0.4) is 0 Å². The second kappa shape index (κ2) is 5.52. The molecule has 108 valence electrons. The van der Waals surface area contributed by atoms with Gasteiger partial charge in [-0.15, -0.1) is 0 Å². The van der Waals surface area contributed by atoms with E-state index in [1.807, 2.05) is 17.0 Å². The third kappa shape index (κ3) is 2.70. The summed E-state index contributed by atoms with van der Waals surface area (Å²) in [7, 11) is 0. The molecule has 20 heavy (non-hydrogen) atoms. The van der Waals surface area contributed by atoms with Crippen molar-refractivity contribution >= 4 is 5.91 Å². The fourth-order valence-corrected chi connectivity index (χ4v) is 3.75. The van der Waals surface area contributed by atoms with Crippen molar-refractivity contribution in [3.8, 4) is 0 Å². The number of pyridine rings is 1. The van der Waals surface area contributed by atoms with Gasteiger partial charge in [0.1, 0.15) is 0 Å². The van der Waals surface area contributed by atoms with E-state index in [1.165, 1.54) is 32.1 Å². The highest BCUT2D eigenvalue weighted by molar-refractivity contribution is 5.82. The summed E-state index contributed by atoms with van der Waals surface area (Å²) in [6, 6.07) is 3.43. The van der Waals surface area contributed by atoms with Gasteiger partial charge in [-0.25, -0.2) is 0 Å². The first-order chi connectivity index (χ1) is 9.69. The van der Waals surface area contributed by atoms with E-state index in [-0.39, 0.29) is 5.91 Å². The van der Waals surface area contributed by atoms with Crippen LogP contribution in [-0.4, -0.2) is 34.9 Å². The molecule has 2 aliphatic rings. The third-order valence-corrected chi connectivity index (χ3v) is 4.94. The van der Waals surface area contributed by atoms with E-state index in [2.05, 4.69) is 4.98 Å². The molecule has 0 aromatic carbocycles. The average Bonchev–Trinajstić information content (AvgIpc) is 3.10. The Balaban J connectivity index is 1.59. The van der Waals surface area contributed by atoms with E-state index in [0.717, 1.165) is 18.7 Å². The van der Waals surface area contributed by atoms with E-state index in [0.29, 0.717) is 11.8 Å². The van der Waals surface area contributed by atoms with Crippen LogP contribution in [-0.2, 0) is 11.2 Å². The minimum atomic E-state index is -0.422. The molecule has 2 N–H and O–H groups in total. The number of carbonyl (C=O) groups excluding carboxylic acids is 1. The van der Waals surface area contributed by atoms with Gasteiger partial charge in [0.25, 0.3) is 0 Å². The summed E-state index contributed by atoms with van der Waals surface area (Å²) in [5.41, 5.74) is 7.61. The summed E-state index contributed by atoms with van der Waals surface area (Å²) >= 11 is 0. The largest absolute Gasteiger partial charge is 0.341 e. The van der Waals surface area contributed by atoms with Gasteiger partial charge in [0.2, 0.25) is 5.91 Å². The molecule has 3 rings (SSSR count). The molecular weight excluding hydrogens is 250 g/mol. The molecule has 4 heteroatoms. The van der Waals surface area contributed by atoms with Crippen molar-refractivity contribution in [1.29, 1.82) is 0 Å². The number of hydrogen-bond acceptors (Lipinski definition) is 3. The number of rotatable bonds is 3. The van der Waals surface area contributed by atoms with Gasteiger partial charge in [0.05, 0.1) is 6.04 Å². The lowest BCUT2D eigenvalue weighted by atomic mass is 9.86. The van der Waals surface area contributed by atoms with E-state index < -0.39 is 6.04 Å². The highest BCUT2D eigenvalue weighted by Crippen LogP contribution is 2.45. The standard InChI is InChI=1S/C16H23N3O/c17-14(11-13-3-8-18-9-4-13)15(20)19-10-7-16(12-19)5-1-2-6-16/h3-4,8-9,14H,1-2,5-7,10-12,17H2/t14-/m1/s1. The molecule has 2 fully saturated rings. The molecule has 4 nitrogen and oxygen atoms in total. The van der Waals surface area contributed by atoms with Gasteiger partial charge < -0.3 is 10.6 Å². The Bertz CT molecular complexity index is 468. The molecule has 1 aromatic rings. The predicted molar refractivity (Wildman–Crippen MR) is 78.0 cm³/mol. The highest BCUT2D eigenvalue weighted by Gasteiger charge is 2.42. The summed E-state index contributed by atoms with van der Waals surface area (Å²) in [4.78, 5) is 18.5. The number of amides is 1. The van der Waals surface area contributed by atoms with Crippen molar-refractivity contribution in [1.82, 2.24) is 9.88 Å². The van der Waals surface area contributed by atoms with Crippen LogP contribution in [0.4, 0.5) is 0 Å². The number of carbonyl (C=O) groups is 1. The van der Waals surface area contributed by atoms with Crippen molar-refractivity contribution in [2.24, 2.45) is 11.1 Å². The maximum Gasteiger partial charge on any atom is 0.239 e. The van der Waals surface area contributed by atoms with E-state index in [9.17, 15) is 4.79 Å². The topological polar surface area (TPSA) is 59.2 Å². The fraction of sp³-hybridized carbons (Fsp3) is 0.625. The van der Waals surface area contributed by atoms with Crippen LogP contribution >= 0.6 is 0 Å². The second-order valence-corrected chi connectivity index (χ2v) is 6.38. The quantitative estimate of drug-likeness (QED) is 0.912. The second-order valence-electron chi connectivity index (χ2n) is 6.38. The van der Waals surface area contributed by atoms with Crippen LogP contribution in [0, 0.1) is 5.41 Å². The predicted octanol–water partition coefficient (Wildman–Crippen LogP) is 1.74. The lowest BCUT2D eigenvalue weighted by Gasteiger charge is -2.25. The molecule has 1 spiro atoms. The SMILES string of the molecule is N[C@H](Cc1ccncc1)C(=O)N1CCC2(CCCC2)C1. The number of nitrogens with zero attached hydrogens (tertiary/aromatic N) is 2. The van der Waals surface area contributed by atoms with Crippen LogP contribution < -0.4 is 5.73 Å². The van der Waals surface area contributed by atoms with E-state index in [4.69, 9.17) is 5.73 Å².